The molecule has 6 aromatic carbocycles. The van der Waals surface area contributed by atoms with Crippen molar-refractivity contribution in [1.29, 1.82) is 5.26 Å². The van der Waals surface area contributed by atoms with Crippen molar-refractivity contribution in [3.63, 3.8) is 0 Å². The summed E-state index contributed by atoms with van der Waals surface area (Å²) in [6.07, 6.45) is -4.79. The summed E-state index contributed by atoms with van der Waals surface area (Å²) in [6, 6.07) is 35.2. The van der Waals surface area contributed by atoms with Gasteiger partial charge < -0.3 is 9.13 Å². The van der Waals surface area contributed by atoms with Gasteiger partial charge in [0.05, 0.1) is 51.1 Å². The van der Waals surface area contributed by atoms with Gasteiger partial charge in [-0.1, -0.05) is 150 Å². The molecule has 0 bridgehead atoms. The van der Waals surface area contributed by atoms with E-state index in [0.717, 1.165) is 71.9 Å². The minimum Gasteiger partial charge on any atom is -0.309 e. The second-order valence-corrected chi connectivity index (χ2v) is 20.9. The molecule has 2 heterocycles. The Bertz CT molecular complexity index is 3080. The maximum absolute atomic E-state index is 15.5. The van der Waals surface area contributed by atoms with Gasteiger partial charge in [-0.05, 0) is 85.9 Å². The first-order chi connectivity index (χ1) is 28.8. The van der Waals surface area contributed by atoms with Crippen LogP contribution in [0.1, 0.15) is 116 Å². The van der Waals surface area contributed by atoms with Gasteiger partial charge in [-0.15, -0.1) is 0 Å². The number of aromatic nitrogens is 2. The van der Waals surface area contributed by atoms with Gasteiger partial charge in [0.1, 0.15) is 6.07 Å². The number of benzene rings is 6. The molecule has 2 aromatic heterocycles. The molecule has 0 aliphatic rings. The zero-order valence-corrected chi connectivity index (χ0v) is 37.7. The fourth-order valence-corrected chi connectivity index (χ4v) is 8.81. The van der Waals surface area contributed by atoms with Crippen molar-refractivity contribution in [2.24, 2.45) is 0 Å². The van der Waals surface area contributed by atoms with Crippen LogP contribution in [0.2, 0.25) is 0 Å². The highest BCUT2D eigenvalue weighted by atomic mass is 19.4. The number of hydrogen-bond acceptors (Lipinski definition) is 1. The van der Waals surface area contributed by atoms with Gasteiger partial charge in [0.2, 0.25) is 0 Å². The van der Waals surface area contributed by atoms with E-state index in [4.69, 9.17) is 6.57 Å². The summed E-state index contributed by atoms with van der Waals surface area (Å²) in [5, 5.41) is 15.1. The van der Waals surface area contributed by atoms with Crippen LogP contribution in [0.15, 0.2) is 103 Å². The van der Waals surface area contributed by atoms with Crippen LogP contribution in [0.5, 0.6) is 0 Å². The lowest BCUT2D eigenvalue weighted by molar-refractivity contribution is -0.137. The Hall–Kier alpha value is -6.31. The summed E-state index contributed by atoms with van der Waals surface area (Å²) in [7, 11) is 0. The van der Waals surface area contributed by atoms with E-state index in [0.29, 0.717) is 11.4 Å². The predicted octanol–water partition coefficient (Wildman–Crippen LogP) is 16.2. The number of halogens is 3. The molecule has 8 rings (SSSR count). The van der Waals surface area contributed by atoms with Crippen molar-refractivity contribution >= 4 is 49.3 Å². The normalized spacial score (nSPS) is 13.0. The van der Waals surface area contributed by atoms with E-state index in [1.165, 1.54) is 12.1 Å². The van der Waals surface area contributed by atoms with E-state index in [-0.39, 0.29) is 44.0 Å². The minimum atomic E-state index is -4.79. The number of nitriles is 1. The Kier molecular flexibility index (Phi) is 9.65. The van der Waals surface area contributed by atoms with Crippen LogP contribution >= 0.6 is 0 Å². The van der Waals surface area contributed by atoms with Crippen LogP contribution in [-0.2, 0) is 27.8 Å². The van der Waals surface area contributed by atoms with E-state index in [1.54, 1.807) is 12.1 Å². The summed E-state index contributed by atoms with van der Waals surface area (Å²) in [6.45, 7) is 34.0. The van der Waals surface area contributed by atoms with Crippen molar-refractivity contribution in [3.8, 4) is 28.6 Å². The lowest BCUT2D eigenvalue weighted by atomic mass is 9.86. The largest absolute Gasteiger partial charge is 0.415 e. The van der Waals surface area contributed by atoms with Crippen molar-refractivity contribution in [2.45, 2.75) is 111 Å². The highest BCUT2D eigenvalue weighted by Gasteiger charge is 2.36. The molecular formula is C55H53F3N4. The van der Waals surface area contributed by atoms with Gasteiger partial charge in [0.15, 0.2) is 5.69 Å². The first kappa shape index (κ1) is 42.4. The van der Waals surface area contributed by atoms with E-state index < -0.39 is 11.7 Å². The van der Waals surface area contributed by atoms with Crippen molar-refractivity contribution < 1.29 is 13.2 Å². The highest BCUT2D eigenvalue weighted by molar-refractivity contribution is 6.12. The zero-order chi connectivity index (χ0) is 45.1. The van der Waals surface area contributed by atoms with Crippen LogP contribution in [0.25, 0.3) is 71.0 Å². The number of nitrogens with zero attached hydrogens (tertiary/aromatic N) is 4. The molecule has 314 valence electrons. The molecule has 0 fully saturated rings. The molecular weight excluding hydrogens is 774 g/mol. The third kappa shape index (κ3) is 7.02. The average Bonchev–Trinajstić information content (AvgIpc) is 3.69. The van der Waals surface area contributed by atoms with Crippen LogP contribution < -0.4 is 0 Å². The maximum atomic E-state index is 15.5. The van der Waals surface area contributed by atoms with Crippen LogP contribution in [0.4, 0.5) is 18.9 Å². The molecule has 0 saturated carbocycles. The number of alkyl halides is 3. The molecule has 8 aromatic rings. The van der Waals surface area contributed by atoms with Gasteiger partial charge in [-0.3, -0.25) is 0 Å². The second-order valence-electron chi connectivity index (χ2n) is 20.9. The Labute approximate surface area is 363 Å². The Balaban J connectivity index is 1.63. The molecule has 7 heteroatoms. The number of hydrogen-bond donors (Lipinski definition) is 0. The molecule has 62 heavy (non-hydrogen) atoms. The fourth-order valence-electron chi connectivity index (χ4n) is 8.81. The van der Waals surface area contributed by atoms with Crippen LogP contribution in [0, 0.1) is 17.9 Å². The lowest BCUT2D eigenvalue weighted by Gasteiger charge is -2.24. The predicted molar refractivity (Wildman–Crippen MR) is 251 cm³/mol. The SMILES string of the molecule is [C-]#[N+]c1cccc(C(F)(F)F)c1-c1cc(-n2c3cc(C(C)(C)C)ccc3c3ccc(C(C)(C)C)cc32)c(C#N)cc1-n1c2cc(C(C)(C)C)ccc2c2ccc(C(C)(C)C)cc21. The van der Waals surface area contributed by atoms with E-state index in [2.05, 4.69) is 171 Å². The quantitative estimate of drug-likeness (QED) is 0.164. The van der Waals surface area contributed by atoms with Gasteiger partial charge in [0.25, 0.3) is 0 Å². The van der Waals surface area contributed by atoms with Crippen molar-refractivity contribution in [2.75, 3.05) is 0 Å². The molecule has 0 radical (unpaired) electrons. The van der Waals surface area contributed by atoms with Gasteiger partial charge in [0, 0.05) is 27.1 Å². The summed E-state index contributed by atoms with van der Waals surface area (Å²) >= 11 is 0. The van der Waals surface area contributed by atoms with E-state index in [1.807, 2.05) is 4.57 Å². The van der Waals surface area contributed by atoms with E-state index in [9.17, 15) is 5.26 Å². The molecule has 0 saturated heterocycles. The number of fused-ring (bicyclic) bond motifs is 6. The highest BCUT2D eigenvalue weighted by Crippen LogP contribution is 2.48. The van der Waals surface area contributed by atoms with Gasteiger partial charge in [-0.25, -0.2) is 4.85 Å². The average molecular weight is 827 g/mol. The summed E-state index contributed by atoms with van der Waals surface area (Å²) < 4.78 is 50.5. The molecule has 0 aliphatic heterocycles. The molecule has 0 N–H and O–H groups in total. The van der Waals surface area contributed by atoms with Gasteiger partial charge >= 0.3 is 6.18 Å². The first-order valence-electron chi connectivity index (χ1n) is 21.2. The molecule has 0 spiro atoms. The fraction of sp³-hybridized carbons (Fsp3) is 0.309. The standard InChI is InChI=1S/C55H53F3N4/c1-51(2,3)33-17-21-37-38-22-18-34(52(4,5)6)27-47(38)61(46(37)26-33)44-30-41(50-42(55(56,57)58)15-14-16-43(50)60-13)45(25-32(44)31-59)62-48-28-35(53(7,8)9)19-23-39(48)40-24-20-36(29-49(40)62)54(10,11)12/h14-30H,1-12H3. The molecule has 0 amide bonds. The summed E-state index contributed by atoms with van der Waals surface area (Å²) in [5.41, 5.74) is 6.64. The van der Waals surface area contributed by atoms with Crippen molar-refractivity contribution in [3.05, 3.63) is 148 Å². The zero-order valence-electron chi connectivity index (χ0n) is 37.7. The van der Waals surface area contributed by atoms with Crippen molar-refractivity contribution in [1.82, 2.24) is 9.13 Å². The number of rotatable bonds is 3. The molecule has 0 atom stereocenters. The van der Waals surface area contributed by atoms with Gasteiger partial charge in [-0.2, -0.15) is 18.4 Å². The lowest BCUT2D eigenvalue weighted by Crippen LogP contribution is -2.12. The van der Waals surface area contributed by atoms with Crippen LogP contribution in [-0.4, -0.2) is 9.13 Å². The summed E-state index contributed by atoms with van der Waals surface area (Å²) in [4.78, 5) is 3.74. The summed E-state index contributed by atoms with van der Waals surface area (Å²) in [5.74, 6) is 0. The maximum Gasteiger partial charge on any atom is 0.415 e. The Morgan fingerprint density at radius 3 is 1.19 bits per heavy atom. The Morgan fingerprint density at radius 2 is 0.871 bits per heavy atom. The van der Waals surface area contributed by atoms with E-state index >= 15 is 13.2 Å². The first-order valence-corrected chi connectivity index (χ1v) is 21.2. The monoisotopic (exact) mass is 826 g/mol. The molecule has 0 unspecified atom stereocenters. The third-order valence-corrected chi connectivity index (χ3v) is 12.5. The molecule has 0 aliphatic carbocycles. The minimum absolute atomic E-state index is 0.129. The molecule has 4 nitrogen and oxygen atoms in total. The third-order valence-electron chi connectivity index (χ3n) is 12.5. The Morgan fingerprint density at radius 1 is 0.500 bits per heavy atom. The van der Waals surface area contributed by atoms with Crippen LogP contribution in [0.3, 0.4) is 0 Å². The topological polar surface area (TPSA) is 38.0 Å². The smallest absolute Gasteiger partial charge is 0.309 e. The second kappa shape index (κ2) is 14.1.